The van der Waals surface area contributed by atoms with Gasteiger partial charge in [-0.2, -0.15) is 0 Å². The number of aromatic amines is 2. The van der Waals surface area contributed by atoms with Crippen LogP contribution < -0.4 is 0 Å². The van der Waals surface area contributed by atoms with Gasteiger partial charge in [-0.1, -0.05) is 97.1 Å². The minimum atomic E-state index is -34.2. The van der Waals surface area contributed by atoms with E-state index in [0.717, 1.165) is 43.8 Å². The van der Waals surface area contributed by atoms with Crippen molar-refractivity contribution in [3.63, 3.8) is 0 Å². The number of benzene rings is 4. The zero-order chi connectivity index (χ0) is 94.6. The minimum absolute atomic E-state index is 0.597. The van der Waals surface area contributed by atoms with E-state index in [-0.39, 0.29) is 0 Å². The van der Waals surface area contributed by atoms with Crippen LogP contribution in [0.4, 0.5) is 246 Å². The van der Waals surface area contributed by atoms with Crippen molar-refractivity contribution in [2.75, 3.05) is 0 Å². The maximum atomic E-state index is 18.8. The van der Waals surface area contributed by atoms with Gasteiger partial charge in [-0.15, -0.1) is 0 Å². The van der Waals surface area contributed by atoms with Crippen molar-refractivity contribution in [1.29, 1.82) is 0 Å². The van der Waals surface area contributed by atoms with Gasteiger partial charge in [0.15, 0.2) is 23.3 Å². The van der Waals surface area contributed by atoms with Crippen LogP contribution in [-0.4, -0.2) is 173 Å². The van der Waals surface area contributed by atoms with Crippen molar-refractivity contribution in [2.45, 2.75) is 133 Å². The number of nitrogens with zero attached hydrogens (tertiary/aromatic N) is 6. The Kier molecular flexibility index (Phi) is 19.6. The number of alkyl halides is 56. The second kappa shape index (κ2) is 24.3. The summed E-state index contributed by atoms with van der Waals surface area (Å²) < 4.78 is 760. The molecule has 3 aromatic heterocycles. The molecule has 0 fully saturated rings. The predicted molar refractivity (Wildman–Crippen MR) is 284 cm³/mol. The van der Waals surface area contributed by atoms with Crippen LogP contribution in [-0.2, 0) is 10.1 Å². The normalized spacial score (nSPS) is 17.0. The molecule has 2 aliphatic heterocycles. The van der Waals surface area contributed by atoms with Gasteiger partial charge in [-0.05, 0) is 0 Å². The molecular formula is C56H18F56N8Zn. The average Bonchev–Trinajstić information content (AvgIpc) is 0.521. The van der Waals surface area contributed by atoms with E-state index in [9.17, 15) is 0 Å². The zero-order valence-electron chi connectivity index (χ0n) is 54.8. The van der Waals surface area contributed by atoms with Gasteiger partial charge in [-0.3, -0.25) is 0 Å². The van der Waals surface area contributed by atoms with Crippen LogP contribution in [0.5, 0.6) is 0 Å². The van der Waals surface area contributed by atoms with Crippen LogP contribution in [0.15, 0.2) is 97.1 Å². The van der Waals surface area contributed by atoms with Crippen LogP contribution >= 0.6 is 0 Å². The Hall–Kier alpha value is -9.06. The van der Waals surface area contributed by atoms with Crippen molar-refractivity contribution in [3.05, 3.63) is 97.1 Å². The summed E-state index contributed by atoms with van der Waals surface area (Å²) in [4.78, 5) is 36.8. The Morgan fingerprint density at radius 3 is 0.372 bits per heavy atom. The summed E-state index contributed by atoms with van der Waals surface area (Å²) >= 11 is 0. The molecule has 0 saturated heterocycles. The first kappa shape index (κ1) is 97.4. The predicted octanol–water partition coefficient (Wildman–Crippen LogP) is 25.5. The smallest absolute Gasteiger partial charge is 0.164 e. The van der Waals surface area contributed by atoms with Crippen molar-refractivity contribution in [3.8, 4) is 45.6 Å². The van der Waals surface area contributed by atoms with Gasteiger partial charge in [-0.25, -0.2) is 29.9 Å². The van der Waals surface area contributed by atoms with Crippen molar-refractivity contribution < 1.29 is 256 Å². The van der Waals surface area contributed by atoms with Crippen molar-refractivity contribution >= 4 is 44.1 Å². The molecule has 121 heavy (non-hydrogen) atoms. The molecule has 676 valence electrons. The molecule has 9 rings (SSSR count). The average molecular weight is 1930 g/mol. The molecule has 8 bridgehead atoms. The summed E-state index contributed by atoms with van der Waals surface area (Å²) in [5.74, 6) is 2.39. The third-order valence-corrected chi connectivity index (χ3v) is 99.0. The van der Waals surface area contributed by atoms with E-state index in [2.05, 4.69) is 9.97 Å². The molecule has 8 nitrogen and oxygen atoms in total. The Bertz CT molecular complexity index is 4550. The van der Waals surface area contributed by atoms with E-state index in [1.54, 1.807) is 0 Å². The Morgan fingerprint density at radius 2 is 0.264 bits per heavy atom. The van der Waals surface area contributed by atoms with Gasteiger partial charge >= 0.3 is 389 Å². The molecule has 0 radical (unpaired) electrons. The van der Waals surface area contributed by atoms with Crippen LogP contribution in [0.1, 0.15) is 0 Å². The fourth-order valence-corrected chi connectivity index (χ4v) is 114. The first-order chi connectivity index (χ1) is 53.2. The van der Waals surface area contributed by atoms with Gasteiger partial charge in [0.2, 0.25) is 0 Å². The Morgan fingerprint density at radius 1 is 0.157 bits per heavy atom. The standard InChI is InChI=1S/C32H18N8.8C3F7.Zn/c1-2-10-18-17(9-1)25-33-26(18)38-28-21-13-5-6-14-22(21)30(35-28)40-32-24-16-8-7-15-23(24)31(36-32)39-29-20-12-4-3-11-19(20)27(34-29)37-25;8*4-1(2(5,6)7)3(8,9)10;/h1-16H,(H2,33,34,35,36,37,38,39,40);;;;;;;;;. The van der Waals surface area contributed by atoms with Gasteiger partial charge in [0, 0.05) is 43.8 Å². The fraction of sp³-hybridized carbons (Fsp3) is 0.429. The van der Waals surface area contributed by atoms with Crippen LogP contribution in [0.25, 0.3) is 89.7 Å². The first-order valence-electron chi connectivity index (χ1n) is 30.4. The number of H-pyrrole nitrogens is 2. The summed E-state index contributed by atoms with van der Waals surface area (Å²) in [5, 5.41) is 3.82. The Balaban J connectivity index is 0.000000369. The number of fused-ring (bicyclic) bond motifs is 20. The van der Waals surface area contributed by atoms with Gasteiger partial charge < -0.3 is 9.97 Å². The first-order valence-corrected chi connectivity index (χ1v) is 42.3. The van der Waals surface area contributed by atoms with E-state index in [0.29, 0.717) is 45.9 Å². The summed E-state index contributed by atoms with van der Waals surface area (Å²) in [6.07, 6.45) is -248. The second-order valence-electron chi connectivity index (χ2n) is 29.1. The van der Waals surface area contributed by atoms with E-state index in [4.69, 9.17) is 29.9 Å². The molecule has 2 aliphatic rings. The molecule has 2 N–H and O–H groups in total. The third kappa shape index (κ3) is 7.80. The summed E-state index contributed by atoms with van der Waals surface area (Å²) in [7, 11) is -34.2. The molecule has 5 heterocycles. The van der Waals surface area contributed by atoms with Crippen LogP contribution in [0.3, 0.4) is 0 Å². The second-order valence-corrected chi connectivity index (χ2v) is 66.2. The molecule has 65 heteroatoms. The largest absolute Gasteiger partial charge is 0.324 e. The van der Waals surface area contributed by atoms with Gasteiger partial charge in [0.05, 0.1) is 0 Å². The third-order valence-electron chi connectivity index (χ3n) is 28.3. The van der Waals surface area contributed by atoms with Crippen LogP contribution in [0, 0.1) is 0 Å². The number of rotatable bonds is 8. The number of hydrogen-bond acceptors (Lipinski definition) is 6. The molecule has 0 aliphatic carbocycles. The fourth-order valence-electron chi connectivity index (χ4n) is 27.5. The monoisotopic (exact) mass is 1930 g/mol. The SMILES string of the molecule is FC(F)(F)[C](F)(C(F)(F)F)[Zn]([C](F)(C(F)(F)F)C(F)(F)F)([C](F)(C(F)(F)F)C(F)(F)F)([C](F)(C(F)(F)F)C(F)(F)F)([C](F)(C(F)(F)F)C(F)(F)F)([C](F)(C(F)(F)F)C(F)(F)F)([C](F)(C(F)(F)F)C(F)(F)F)[C](F)(C(F)(F)F)C(F)(F)F.c1ccc2c(c1)-c1nc-2nc2[nH]c(nc3nc(nc4[nH]c(n1)c1ccccc41)-c1ccccc1-3)c1ccccc21. The molecule has 4 aromatic carbocycles. The van der Waals surface area contributed by atoms with Gasteiger partial charge in [0.1, 0.15) is 22.6 Å². The van der Waals surface area contributed by atoms with E-state index >= 15 is 246 Å². The molecule has 0 spiro atoms. The molecule has 0 amide bonds. The van der Waals surface area contributed by atoms with E-state index < -0.39 is 143 Å². The summed E-state index contributed by atoms with van der Waals surface area (Å²) in [6.45, 7) is 0. The van der Waals surface area contributed by atoms with E-state index in [1.807, 2.05) is 97.1 Å². The molecule has 0 saturated carbocycles. The summed E-state index contributed by atoms with van der Waals surface area (Å²) in [6, 6.07) is 32.2. The number of halogens is 56. The topological polar surface area (TPSA) is 109 Å². The molecule has 7 aromatic rings. The van der Waals surface area contributed by atoms with Crippen LogP contribution in [0.2, 0.25) is 0 Å². The number of nitrogens with one attached hydrogen (secondary N) is 2. The number of hydrogen-bond donors (Lipinski definition) is 2. The van der Waals surface area contributed by atoms with Gasteiger partial charge in [0.25, 0.3) is 0 Å². The minimum Gasteiger partial charge on any atom is -0.324 e. The molecule has 0 unspecified atom stereocenters. The summed E-state index contributed by atoms with van der Waals surface area (Å²) in [5.41, 5.74) is 6.45. The van der Waals surface area contributed by atoms with Crippen molar-refractivity contribution in [1.82, 2.24) is 39.9 Å². The molecular weight excluding hydrogens is 1910 g/mol. The quantitative estimate of drug-likeness (QED) is 0.116. The van der Waals surface area contributed by atoms with Crippen molar-refractivity contribution in [2.24, 2.45) is 0 Å². The van der Waals surface area contributed by atoms with E-state index in [1.165, 1.54) is 0 Å². The maximum Gasteiger partial charge on any atom is 0.164 e. The Labute approximate surface area is 614 Å². The number of aromatic nitrogens is 8. The zero-order valence-corrected chi connectivity index (χ0v) is 57.8. The maximum absolute atomic E-state index is 34.2. The molecule has 0 atom stereocenters.